The van der Waals surface area contributed by atoms with Crippen LogP contribution in [0.5, 0.6) is 5.75 Å². The fraction of sp³-hybridized carbons (Fsp3) is 0.133. The minimum Gasteiger partial charge on any atom is -0.494 e. The molecular formula is C15H15FN2O2. The lowest BCUT2D eigenvalue weighted by molar-refractivity contribution is 0.262. The largest absolute Gasteiger partial charge is 0.494 e. The number of halogens is 1. The summed E-state index contributed by atoms with van der Waals surface area (Å²) in [4.78, 5) is 11.7. The summed E-state index contributed by atoms with van der Waals surface area (Å²) in [5.74, 6) is 0.402. The Kier molecular flexibility index (Phi) is 4.55. The maximum atomic E-state index is 12.7. The second-order valence-corrected chi connectivity index (χ2v) is 4.04. The molecule has 0 heterocycles. The minimum atomic E-state index is -0.388. The van der Waals surface area contributed by atoms with Crippen LogP contribution in [0.4, 0.5) is 20.6 Å². The van der Waals surface area contributed by atoms with E-state index >= 15 is 0 Å². The molecule has 2 aromatic rings. The van der Waals surface area contributed by atoms with Crippen LogP contribution < -0.4 is 15.4 Å². The Bertz CT molecular complexity index is 567. The maximum Gasteiger partial charge on any atom is 0.323 e. The van der Waals surface area contributed by atoms with Crippen molar-refractivity contribution >= 4 is 17.4 Å². The van der Waals surface area contributed by atoms with Crippen molar-refractivity contribution in [2.45, 2.75) is 6.92 Å². The molecule has 0 fully saturated rings. The molecule has 0 atom stereocenters. The number of amides is 2. The number of nitrogens with one attached hydrogen (secondary N) is 2. The SMILES string of the molecule is CCOc1ccc(NC(=O)Nc2ccc(F)cc2)cc1. The van der Waals surface area contributed by atoms with Gasteiger partial charge in [0.2, 0.25) is 0 Å². The first-order valence-corrected chi connectivity index (χ1v) is 6.24. The highest BCUT2D eigenvalue weighted by molar-refractivity contribution is 5.99. The third kappa shape index (κ3) is 3.98. The molecule has 2 N–H and O–H groups in total. The highest BCUT2D eigenvalue weighted by atomic mass is 19.1. The van der Waals surface area contributed by atoms with Crippen molar-refractivity contribution in [3.8, 4) is 5.75 Å². The van der Waals surface area contributed by atoms with E-state index in [1.54, 1.807) is 24.3 Å². The highest BCUT2D eigenvalue weighted by Crippen LogP contribution is 2.16. The normalized spacial score (nSPS) is 9.90. The van der Waals surface area contributed by atoms with Crippen LogP contribution in [0, 0.1) is 5.82 Å². The van der Waals surface area contributed by atoms with Gasteiger partial charge in [-0.25, -0.2) is 9.18 Å². The van der Waals surface area contributed by atoms with E-state index in [2.05, 4.69) is 10.6 Å². The monoisotopic (exact) mass is 274 g/mol. The summed E-state index contributed by atoms with van der Waals surface area (Å²) < 4.78 is 18.0. The third-order valence-corrected chi connectivity index (χ3v) is 2.53. The Labute approximate surface area is 116 Å². The van der Waals surface area contributed by atoms with E-state index in [0.717, 1.165) is 5.75 Å². The summed E-state index contributed by atoms with van der Waals surface area (Å²) in [6.45, 7) is 2.50. The first-order chi connectivity index (χ1) is 9.67. The van der Waals surface area contributed by atoms with E-state index in [4.69, 9.17) is 4.74 Å². The van der Waals surface area contributed by atoms with Gasteiger partial charge in [-0.05, 0) is 55.5 Å². The number of ether oxygens (including phenoxy) is 1. The molecule has 0 radical (unpaired) electrons. The number of carbonyl (C=O) groups is 1. The van der Waals surface area contributed by atoms with Gasteiger partial charge in [0.05, 0.1) is 6.61 Å². The van der Waals surface area contributed by atoms with Crippen molar-refractivity contribution < 1.29 is 13.9 Å². The second kappa shape index (κ2) is 6.56. The Morgan fingerprint density at radius 2 is 1.50 bits per heavy atom. The standard InChI is InChI=1S/C15H15FN2O2/c1-2-20-14-9-7-13(8-10-14)18-15(19)17-12-5-3-11(16)4-6-12/h3-10H,2H2,1H3,(H2,17,18,19). The van der Waals surface area contributed by atoms with Crippen LogP contribution in [-0.4, -0.2) is 12.6 Å². The van der Waals surface area contributed by atoms with Crippen molar-refractivity contribution in [2.75, 3.05) is 17.2 Å². The predicted octanol–water partition coefficient (Wildman–Crippen LogP) is 3.87. The van der Waals surface area contributed by atoms with Gasteiger partial charge in [0.25, 0.3) is 0 Å². The van der Waals surface area contributed by atoms with Crippen molar-refractivity contribution in [2.24, 2.45) is 0 Å². The summed E-state index contributed by atoms with van der Waals surface area (Å²) in [7, 11) is 0. The van der Waals surface area contributed by atoms with E-state index in [0.29, 0.717) is 18.0 Å². The first kappa shape index (κ1) is 13.9. The molecule has 20 heavy (non-hydrogen) atoms. The molecule has 104 valence electrons. The fourth-order valence-corrected chi connectivity index (χ4v) is 1.63. The average Bonchev–Trinajstić information content (AvgIpc) is 2.44. The lowest BCUT2D eigenvalue weighted by atomic mass is 10.3. The van der Waals surface area contributed by atoms with E-state index in [1.807, 2.05) is 6.92 Å². The lowest BCUT2D eigenvalue weighted by Crippen LogP contribution is -2.19. The Hall–Kier alpha value is -2.56. The van der Waals surface area contributed by atoms with Gasteiger partial charge >= 0.3 is 6.03 Å². The smallest absolute Gasteiger partial charge is 0.323 e. The number of anilines is 2. The van der Waals surface area contributed by atoms with E-state index in [9.17, 15) is 9.18 Å². The molecule has 0 saturated heterocycles. The second-order valence-electron chi connectivity index (χ2n) is 4.04. The maximum absolute atomic E-state index is 12.7. The van der Waals surface area contributed by atoms with Gasteiger partial charge in [0.1, 0.15) is 11.6 Å². The van der Waals surface area contributed by atoms with Crippen LogP contribution in [0.1, 0.15) is 6.92 Å². The van der Waals surface area contributed by atoms with Crippen LogP contribution in [0.3, 0.4) is 0 Å². The van der Waals surface area contributed by atoms with E-state index < -0.39 is 0 Å². The number of carbonyl (C=O) groups excluding carboxylic acids is 1. The van der Waals surface area contributed by atoms with Crippen molar-refractivity contribution in [1.82, 2.24) is 0 Å². The zero-order chi connectivity index (χ0) is 14.4. The number of rotatable bonds is 4. The average molecular weight is 274 g/mol. The molecule has 5 heteroatoms. The van der Waals surface area contributed by atoms with Gasteiger partial charge < -0.3 is 15.4 Å². The van der Waals surface area contributed by atoms with E-state index in [-0.39, 0.29) is 11.8 Å². The van der Waals surface area contributed by atoms with Crippen LogP contribution in [0.25, 0.3) is 0 Å². The molecule has 0 aliphatic rings. The van der Waals surface area contributed by atoms with Crippen LogP contribution in [0.2, 0.25) is 0 Å². The Morgan fingerprint density at radius 3 is 2.00 bits per heavy atom. The summed E-state index contributed by atoms with van der Waals surface area (Å²) >= 11 is 0. The predicted molar refractivity (Wildman–Crippen MR) is 76.7 cm³/mol. The zero-order valence-corrected chi connectivity index (χ0v) is 11.0. The van der Waals surface area contributed by atoms with Crippen LogP contribution in [0.15, 0.2) is 48.5 Å². The number of hydrogen-bond donors (Lipinski definition) is 2. The highest BCUT2D eigenvalue weighted by Gasteiger charge is 2.03. The zero-order valence-electron chi connectivity index (χ0n) is 11.0. The molecule has 2 aromatic carbocycles. The van der Waals surface area contributed by atoms with Gasteiger partial charge in [-0.2, -0.15) is 0 Å². The van der Waals surface area contributed by atoms with Gasteiger partial charge in [0.15, 0.2) is 0 Å². The number of hydrogen-bond acceptors (Lipinski definition) is 2. The lowest BCUT2D eigenvalue weighted by Gasteiger charge is -2.08. The Morgan fingerprint density at radius 1 is 1.00 bits per heavy atom. The number of urea groups is 1. The van der Waals surface area contributed by atoms with Gasteiger partial charge in [-0.1, -0.05) is 0 Å². The molecule has 0 saturated carbocycles. The minimum absolute atomic E-state index is 0.345. The molecule has 0 aromatic heterocycles. The first-order valence-electron chi connectivity index (χ1n) is 6.24. The van der Waals surface area contributed by atoms with E-state index in [1.165, 1.54) is 24.3 Å². The van der Waals surface area contributed by atoms with Crippen molar-refractivity contribution in [1.29, 1.82) is 0 Å². The number of benzene rings is 2. The van der Waals surface area contributed by atoms with Gasteiger partial charge in [0, 0.05) is 11.4 Å². The Balaban J connectivity index is 1.92. The quantitative estimate of drug-likeness (QED) is 0.889. The third-order valence-electron chi connectivity index (χ3n) is 2.53. The van der Waals surface area contributed by atoms with Gasteiger partial charge in [-0.15, -0.1) is 0 Å². The summed E-state index contributed by atoms with van der Waals surface area (Å²) in [6, 6.07) is 12.2. The summed E-state index contributed by atoms with van der Waals surface area (Å²) in [5, 5.41) is 5.28. The summed E-state index contributed by atoms with van der Waals surface area (Å²) in [5.41, 5.74) is 1.17. The van der Waals surface area contributed by atoms with Gasteiger partial charge in [-0.3, -0.25) is 0 Å². The topological polar surface area (TPSA) is 50.4 Å². The van der Waals surface area contributed by atoms with Crippen molar-refractivity contribution in [3.05, 3.63) is 54.3 Å². The molecule has 0 spiro atoms. The van der Waals surface area contributed by atoms with Crippen LogP contribution in [-0.2, 0) is 0 Å². The molecule has 4 nitrogen and oxygen atoms in total. The molecular weight excluding hydrogens is 259 g/mol. The molecule has 2 amide bonds. The fourth-order valence-electron chi connectivity index (χ4n) is 1.63. The van der Waals surface area contributed by atoms with Crippen LogP contribution >= 0.6 is 0 Å². The summed E-state index contributed by atoms with van der Waals surface area (Å²) in [6.07, 6.45) is 0. The molecule has 0 aliphatic heterocycles. The molecule has 2 rings (SSSR count). The van der Waals surface area contributed by atoms with Crippen molar-refractivity contribution in [3.63, 3.8) is 0 Å². The molecule has 0 bridgehead atoms. The molecule has 0 aliphatic carbocycles. The molecule has 0 unspecified atom stereocenters.